The fraction of sp³-hybridized carbons (Fsp3) is 0.222. The minimum atomic E-state index is -0.488. The molecule has 27 heavy (non-hydrogen) atoms. The fourth-order valence-electron chi connectivity index (χ4n) is 2.37. The molecule has 3 rings (SSSR count). The molecular formula is C18H15Cl3FN3OS. The van der Waals surface area contributed by atoms with Crippen molar-refractivity contribution in [3.05, 3.63) is 68.7 Å². The Balaban J connectivity index is 1.70. The molecule has 0 aliphatic rings. The first kappa shape index (κ1) is 20.3. The van der Waals surface area contributed by atoms with Crippen LogP contribution in [-0.2, 0) is 18.9 Å². The topological polar surface area (TPSA) is 39.9 Å². The highest BCUT2D eigenvalue weighted by Crippen LogP contribution is 2.31. The Bertz CT molecular complexity index is 931. The van der Waals surface area contributed by atoms with Crippen molar-refractivity contribution in [2.24, 2.45) is 0 Å². The van der Waals surface area contributed by atoms with E-state index in [1.165, 1.54) is 30.0 Å². The molecule has 0 saturated carbocycles. The van der Waals surface area contributed by atoms with E-state index in [1.807, 2.05) is 17.6 Å². The molecule has 2 aromatic carbocycles. The van der Waals surface area contributed by atoms with E-state index in [9.17, 15) is 4.39 Å². The summed E-state index contributed by atoms with van der Waals surface area (Å²) in [6.45, 7) is 2.86. The molecule has 0 spiro atoms. The van der Waals surface area contributed by atoms with Gasteiger partial charge in [0.05, 0.1) is 5.02 Å². The molecule has 0 aliphatic heterocycles. The highest BCUT2D eigenvalue weighted by atomic mass is 35.5. The van der Waals surface area contributed by atoms with Gasteiger partial charge in [-0.1, -0.05) is 52.6 Å². The Kier molecular flexibility index (Phi) is 6.87. The highest BCUT2D eigenvalue weighted by Gasteiger charge is 2.14. The molecule has 0 radical (unpaired) electrons. The average molecular weight is 447 g/mol. The number of rotatable bonds is 7. The zero-order valence-electron chi connectivity index (χ0n) is 14.3. The number of benzene rings is 2. The Morgan fingerprint density at radius 3 is 2.48 bits per heavy atom. The van der Waals surface area contributed by atoms with Crippen LogP contribution in [0.5, 0.6) is 5.75 Å². The van der Waals surface area contributed by atoms with Crippen molar-refractivity contribution >= 4 is 46.6 Å². The number of halogens is 4. The van der Waals surface area contributed by atoms with E-state index >= 15 is 0 Å². The van der Waals surface area contributed by atoms with Gasteiger partial charge < -0.3 is 9.30 Å². The lowest BCUT2D eigenvalue weighted by Crippen LogP contribution is -2.07. The first-order valence-electron chi connectivity index (χ1n) is 8.05. The third-order valence-electron chi connectivity index (χ3n) is 3.78. The molecule has 1 heterocycles. The van der Waals surface area contributed by atoms with E-state index in [0.717, 1.165) is 10.7 Å². The molecule has 0 aliphatic carbocycles. The predicted octanol–water partition coefficient (Wildman–Crippen LogP) is 6.27. The van der Waals surface area contributed by atoms with Crippen LogP contribution in [0.15, 0.2) is 41.6 Å². The van der Waals surface area contributed by atoms with Crippen LogP contribution < -0.4 is 4.74 Å². The third kappa shape index (κ3) is 4.88. The summed E-state index contributed by atoms with van der Waals surface area (Å²) in [6.07, 6.45) is 0. The van der Waals surface area contributed by atoms with Crippen LogP contribution in [0.25, 0.3) is 0 Å². The van der Waals surface area contributed by atoms with Crippen LogP contribution in [0.3, 0.4) is 0 Å². The molecule has 0 bridgehead atoms. The van der Waals surface area contributed by atoms with Crippen molar-refractivity contribution in [1.82, 2.24) is 14.8 Å². The lowest BCUT2D eigenvalue weighted by atomic mass is 10.2. The first-order valence-corrected chi connectivity index (χ1v) is 10.2. The maximum Gasteiger partial charge on any atom is 0.191 e. The lowest BCUT2D eigenvalue weighted by Gasteiger charge is -2.10. The molecule has 0 saturated heterocycles. The van der Waals surface area contributed by atoms with E-state index in [0.29, 0.717) is 33.9 Å². The fourth-order valence-corrected chi connectivity index (χ4v) is 4.31. The average Bonchev–Trinajstić information content (AvgIpc) is 3.04. The minimum absolute atomic E-state index is 0.0114. The van der Waals surface area contributed by atoms with Gasteiger partial charge in [-0.25, -0.2) is 4.39 Å². The second-order valence-corrected chi connectivity index (χ2v) is 7.66. The number of ether oxygens (including phenoxy) is 1. The van der Waals surface area contributed by atoms with Gasteiger partial charge >= 0.3 is 0 Å². The van der Waals surface area contributed by atoms with Gasteiger partial charge in [-0.3, -0.25) is 0 Å². The zero-order valence-corrected chi connectivity index (χ0v) is 17.3. The summed E-state index contributed by atoms with van der Waals surface area (Å²) in [6, 6.07) is 9.63. The van der Waals surface area contributed by atoms with Gasteiger partial charge in [0.15, 0.2) is 11.0 Å². The number of aromatic nitrogens is 3. The molecule has 0 fully saturated rings. The molecule has 1 aromatic heterocycles. The molecule has 9 heteroatoms. The van der Waals surface area contributed by atoms with Gasteiger partial charge in [-0.05, 0) is 36.8 Å². The molecule has 0 unspecified atom stereocenters. The number of hydrogen-bond acceptors (Lipinski definition) is 4. The van der Waals surface area contributed by atoms with E-state index < -0.39 is 5.82 Å². The van der Waals surface area contributed by atoms with Crippen LogP contribution in [0.1, 0.15) is 18.3 Å². The smallest absolute Gasteiger partial charge is 0.191 e. The van der Waals surface area contributed by atoms with Gasteiger partial charge in [0, 0.05) is 28.4 Å². The van der Waals surface area contributed by atoms with Crippen molar-refractivity contribution in [2.75, 3.05) is 0 Å². The first-order chi connectivity index (χ1) is 13.0. The summed E-state index contributed by atoms with van der Waals surface area (Å²) < 4.78 is 20.8. The SMILES string of the molecule is CCn1c(COc2ccc(F)c(Cl)c2)nnc1SCc1c(Cl)cccc1Cl. The molecule has 142 valence electrons. The largest absolute Gasteiger partial charge is 0.486 e. The van der Waals surface area contributed by atoms with E-state index in [2.05, 4.69) is 10.2 Å². The summed E-state index contributed by atoms with van der Waals surface area (Å²) >= 11 is 19.7. The maximum absolute atomic E-state index is 13.2. The van der Waals surface area contributed by atoms with Crippen molar-refractivity contribution in [1.29, 1.82) is 0 Å². The van der Waals surface area contributed by atoms with Crippen molar-refractivity contribution in [3.63, 3.8) is 0 Å². The predicted molar refractivity (Wildman–Crippen MR) is 107 cm³/mol. The summed E-state index contributed by atoms with van der Waals surface area (Å²) in [7, 11) is 0. The Hall–Kier alpha value is -1.47. The minimum Gasteiger partial charge on any atom is -0.486 e. The summed E-state index contributed by atoms with van der Waals surface area (Å²) in [5.74, 6) is 1.21. The van der Waals surface area contributed by atoms with Crippen LogP contribution >= 0.6 is 46.6 Å². The molecule has 0 N–H and O–H groups in total. The van der Waals surface area contributed by atoms with Gasteiger partial charge in [0.2, 0.25) is 0 Å². The third-order valence-corrected chi connectivity index (χ3v) is 5.77. The molecule has 3 aromatic rings. The van der Waals surface area contributed by atoms with Gasteiger partial charge in [0.1, 0.15) is 18.2 Å². The van der Waals surface area contributed by atoms with Crippen molar-refractivity contribution in [2.45, 2.75) is 31.0 Å². The summed E-state index contributed by atoms with van der Waals surface area (Å²) in [5, 5.41) is 10.4. The van der Waals surface area contributed by atoms with E-state index in [1.54, 1.807) is 12.1 Å². The molecular weight excluding hydrogens is 432 g/mol. The zero-order chi connectivity index (χ0) is 19.4. The van der Waals surface area contributed by atoms with Gasteiger partial charge in [0.25, 0.3) is 0 Å². The number of hydrogen-bond donors (Lipinski definition) is 0. The Morgan fingerprint density at radius 2 is 1.81 bits per heavy atom. The van der Waals surface area contributed by atoms with Crippen LogP contribution in [0, 0.1) is 5.82 Å². The summed E-state index contributed by atoms with van der Waals surface area (Å²) in [5.41, 5.74) is 0.857. The Morgan fingerprint density at radius 1 is 1.07 bits per heavy atom. The second-order valence-electron chi connectivity index (χ2n) is 5.50. The second kappa shape index (κ2) is 9.15. The number of thioether (sulfide) groups is 1. The van der Waals surface area contributed by atoms with Crippen LogP contribution in [0.2, 0.25) is 15.1 Å². The quantitative estimate of drug-likeness (QED) is 0.401. The van der Waals surface area contributed by atoms with Crippen LogP contribution in [0.4, 0.5) is 4.39 Å². The van der Waals surface area contributed by atoms with Crippen LogP contribution in [-0.4, -0.2) is 14.8 Å². The maximum atomic E-state index is 13.2. The standard InChI is InChI=1S/C18H15Cl3FN3OS/c1-2-25-17(9-26-11-6-7-16(22)15(21)8-11)23-24-18(25)27-10-12-13(19)4-3-5-14(12)20/h3-8H,2,9-10H2,1H3. The summed E-state index contributed by atoms with van der Waals surface area (Å²) in [4.78, 5) is 0. The molecule has 0 amide bonds. The van der Waals surface area contributed by atoms with Crippen molar-refractivity contribution < 1.29 is 9.13 Å². The highest BCUT2D eigenvalue weighted by molar-refractivity contribution is 7.98. The lowest BCUT2D eigenvalue weighted by molar-refractivity contribution is 0.288. The van der Waals surface area contributed by atoms with Gasteiger partial charge in [-0.15, -0.1) is 10.2 Å². The number of nitrogens with zero attached hydrogens (tertiary/aromatic N) is 3. The normalized spacial score (nSPS) is 11.0. The van der Waals surface area contributed by atoms with E-state index in [-0.39, 0.29) is 11.6 Å². The van der Waals surface area contributed by atoms with E-state index in [4.69, 9.17) is 39.5 Å². The van der Waals surface area contributed by atoms with Crippen molar-refractivity contribution in [3.8, 4) is 5.75 Å². The molecule has 0 atom stereocenters. The molecule has 4 nitrogen and oxygen atoms in total. The monoisotopic (exact) mass is 445 g/mol. The Labute approximate surface area is 175 Å². The van der Waals surface area contributed by atoms with Gasteiger partial charge in [-0.2, -0.15) is 0 Å².